The van der Waals surface area contributed by atoms with Crippen LogP contribution in [0.4, 0.5) is 0 Å². The predicted molar refractivity (Wildman–Crippen MR) is 106 cm³/mol. The molecule has 2 aromatic heterocycles. The summed E-state index contributed by atoms with van der Waals surface area (Å²) in [6.07, 6.45) is 0. The summed E-state index contributed by atoms with van der Waals surface area (Å²) in [4.78, 5) is 19.5. The van der Waals surface area contributed by atoms with Gasteiger partial charge in [0.25, 0.3) is 5.56 Å². The van der Waals surface area contributed by atoms with Crippen LogP contribution in [0, 0.1) is 13.8 Å². The highest BCUT2D eigenvalue weighted by atomic mass is 35.5. The van der Waals surface area contributed by atoms with Gasteiger partial charge in [-0.2, -0.15) is 4.68 Å². The Balaban J connectivity index is 1.61. The van der Waals surface area contributed by atoms with Crippen LogP contribution in [0.2, 0.25) is 5.02 Å². The first-order chi connectivity index (χ1) is 13.0. The van der Waals surface area contributed by atoms with Gasteiger partial charge in [-0.25, -0.2) is 4.98 Å². The molecule has 0 aliphatic heterocycles. The molecule has 0 radical (unpaired) electrons. The van der Waals surface area contributed by atoms with Crippen LogP contribution in [0.25, 0.3) is 16.6 Å². The number of hydrogen-bond donors (Lipinski definition) is 1. The molecule has 9 heteroatoms. The number of H-pyrrole nitrogens is 1. The van der Waals surface area contributed by atoms with Gasteiger partial charge < -0.3 is 4.98 Å². The normalized spacial score (nSPS) is 11.2. The topological polar surface area (TPSA) is 89.3 Å². The minimum absolute atomic E-state index is 0.194. The van der Waals surface area contributed by atoms with E-state index in [0.717, 1.165) is 11.3 Å². The Morgan fingerprint density at radius 1 is 1.15 bits per heavy atom. The highest BCUT2D eigenvalue weighted by Crippen LogP contribution is 2.23. The van der Waals surface area contributed by atoms with Crippen molar-refractivity contribution >= 4 is 34.3 Å². The van der Waals surface area contributed by atoms with Crippen molar-refractivity contribution in [3.63, 3.8) is 0 Å². The highest BCUT2D eigenvalue weighted by Gasteiger charge is 2.12. The first kappa shape index (κ1) is 17.7. The highest BCUT2D eigenvalue weighted by molar-refractivity contribution is 7.98. The molecule has 0 saturated heterocycles. The molecule has 7 nitrogen and oxygen atoms in total. The largest absolute Gasteiger partial charge is 0.309 e. The van der Waals surface area contributed by atoms with Crippen molar-refractivity contribution in [3.8, 4) is 5.69 Å². The van der Waals surface area contributed by atoms with E-state index in [1.807, 2.05) is 25.1 Å². The van der Waals surface area contributed by atoms with Gasteiger partial charge in [-0.3, -0.25) is 4.79 Å². The predicted octanol–water partition coefficient (Wildman–Crippen LogP) is 3.46. The van der Waals surface area contributed by atoms with Gasteiger partial charge in [0.15, 0.2) is 0 Å². The van der Waals surface area contributed by atoms with Gasteiger partial charge in [-0.1, -0.05) is 29.4 Å². The van der Waals surface area contributed by atoms with Crippen LogP contribution in [0.1, 0.15) is 17.0 Å². The molecule has 0 bridgehead atoms. The van der Waals surface area contributed by atoms with Crippen molar-refractivity contribution in [2.24, 2.45) is 0 Å². The fraction of sp³-hybridized carbons (Fsp3) is 0.167. The Hall–Kier alpha value is -2.71. The molecule has 27 heavy (non-hydrogen) atoms. The third kappa shape index (κ3) is 3.58. The lowest BCUT2D eigenvalue weighted by atomic mass is 10.1. The molecule has 0 fully saturated rings. The van der Waals surface area contributed by atoms with Crippen molar-refractivity contribution in [2.75, 3.05) is 0 Å². The van der Waals surface area contributed by atoms with E-state index in [1.54, 1.807) is 22.9 Å². The van der Waals surface area contributed by atoms with E-state index < -0.39 is 0 Å². The second kappa shape index (κ2) is 7.13. The standard InChI is InChI=1S/C18H15ClN6OS/c1-10-3-5-13(7-11(10)2)25-18(22-23-24-25)27-9-16-20-15-8-12(19)4-6-14(15)17(26)21-16/h3-8H,9H2,1-2H3,(H,20,21,26). The van der Waals surface area contributed by atoms with Gasteiger partial charge in [-0.05, 0) is 65.7 Å². The second-order valence-electron chi connectivity index (χ2n) is 6.10. The van der Waals surface area contributed by atoms with Gasteiger partial charge in [0.05, 0.1) is 22.3 Å². The molecule has 4 rings (SSSR count). The summed E-state index contributed by atoms with van der Waals surface area (Å²) in [6, 6.07) is 11.1. The van der Waals surface area contributed by atoms with Gasteiger partial charge >= 0.3 is 0 Å². The minimum atomic E-state index is -0.194. The molecule has 0 unspecified atom stereocenters. The SMILES string of the molecule is Cc1ccc(-n2nnnc2SCc2nc3cc(Cl)ccc3c(=O)[nH]2)cc1C. The van der Waals surface area contributed by atoms with Gasteiger partial charge in [0, 0.05) is 5.02 Å². The molecule has 0 atom stereocenters. The Morgan fingerprint density at radius 3 is 2.81 bits per heavy atom. The first-order valence-corrected chi connectivity index (χ1v) is 9.55. The molecular formula is C18H15ClN6OS. The van der Waals surface area contributed by atoms with Crippen molar-refractivity contribution in [3.05, 3.63) is 68.7 Å². The summed E-state index contributed by atoms with van der Waals surface area (Å²) >= 11 is 7.40. The molecular weight excluding hydrogens is 384 g/mol. The van der Waals surface area contributed by atoms with Crippen LogP contribution in [-0.4, -0.2) is 30.2 Å². The van der Waals surface area contributed by atoms with Gasteiger partial charge in [0.1, 0.15) is 5.82 Å². The quantitative estimate of drug-likeness (QED) is 0.529. The van der Waals surface area contributed by atoms with Crippen molar-refractivity contribution in [1.29, 1.82) is 0 Å². The van der Waals surface area contributed by atoms with E-state index >= 15 is 0 Å². The maximum atomic E-state index is 12.2. The second-order valence-corrected chi connectivity index (χ2v) is 7.48. The lowest BCUT2D eigenvalue weighted by molar-refractivity contribution is 0.755. The monoisotopic (exact) mass is 398 g/mol. The van der Waals surface area contributed by atoms with E-state index in [1.165, 1.54) is 17.3 Å². The maximum Gasteiger partial charge on any atom is 0.258 e. The Morgan fingerprint density at radius 2 is 2.00 bits per heavy atom. The fourth-order valence-corrected chi connectivity index (χ4v) is 3.58. The lowest BCUT2D eigenvalue weighted by Crippen LogP contribution is -2.11. The Kier molecular flexibility index (Phi) is 4.67. The number of thioether (sulfide) groups is 1. The summed E-state index contributed by atoms with van der Waals surface area (Å²) in [5.74, 6) is 0.956. The summed E-state index contributed by atoms with van der Waals surface area (Å²) < 4.78 is 1.67. The number of fused-ring (bicyclic) bond motifs is 1. The zero-order valence-electron chi connectivity index (χ0n) is 14.6. The number of halogens is 1. The number of nitrogens with one attached hydrogen (secondary N) is 1. The average molecular weight is 399 g/mol. The molecule has 2 heterocycles. The van der Waals surface area contributed by atoms with E-state index in [4.69, 9.17) is 11.6 Å². The minimum Gasteiger partial charge on any atom is -0.309 e. The number of aryl methyl sites for hydroxylation is 2. The smallest absolute Gasteiger partial charge is 0.258 e. The maximum absolute atomic E-state index is 12.2. The third-order valence-electron chi connectivity index (χ3n) is 4.23. The summed E-state index contributed by atoms with van der Waals surface area (Å²) in [5, 5.41) is 13.6. The van der Waals surface area contributed by atoms with Crippen LogP contribution in [0.3, 0.4) is 0 Å². The zero-order valence-corrected chi connectivity index (χ0v) is 16.2. The van der Waals surface area contributed by atoms with E-state index in [9.17, 15) is 4.79 Å². The number of tetrazole rings is 1. The molecule has 0 aliphatic carbocycles. The van der Waals surface area contributed by atoms with Crippen molar-refractivity contribution in [2.45, 2.75) is 24.8 Å². The molecule has 136 valence electrons. The fourth-order valence-electron chi connectivity index (χ4n) is 2.65. The number of aromatic amines is 1. The lowest BCUT2D eigenvalue weighted by Gasteiger charge is -2.07. The van der Waals surface area contributed by atoms with Crippen LogP contribution in [0.5, 0.6) is 0 Å². The van der Waals surface area contributed by atoms with Crippen molar-refractivity contribution in [1.82, 2.24) is 30.2 Å². The van der Waals surface area contributed by atoms with Crippen LogP contribution >= 0.6 is 23.4 Å². The number of hydrogen-bond acceptors (Lipinski definition) is 6. The number of aromatic nitrogens is 6. The van der Waals surface area contributed by atoms with Gasteiger partial charge in [0.2, 0.25) is 5.16 Å². The Labute approximate surface area is 163 Å². The summed E-state index contributed by atoms with van der Waals surface area (Å²) in [5.41, 5.74) is 3.63. The number of benzene rings is 2. The van der Waals surface area contributed by atoms with Crippen LogP contribution in [0.15, 0.2) is 46.3 Å². The van der Waals surface area contributed by atoms with Crippen LogP contribution in [-0.2, 0) is 5.75 Å². The van der Waals surface area contributed by atoms with Gasteiger partial charge in [-0.15, -0.1) is 5.10 Å². The van der Waals surface area contributed by atoms with E-state index in [-0.39, 0.29) is 5.56 Å². The molecule has 0 amide bonds. The van der Waals surface area contributed by atoms with E-state index in [2.05, 4.69) is 32.4 Å². The number of rotatable bonds is 4. The Bertz CT molecular complexity index is 1200. The van der Waals surface area contributed by atoms with Crippen LogP contribution < -0.4 is 5.56 Å². The average Bonchev–Trinajstić information content (AvgIpc) is 3.10. The molecule has 0 spiro atoms. The van der Waals surface area contributed by atoms with Crippen molar-refractivity contribution < 1.29 is 0 Å². The molecule has 0 saturated carbocycles. The molecule has 2 aromatic carbocycles. The van der Waals surface area contributed by atoms with E-state index in [0.29, 0.717) is 32.7 Å². The summed E-state index contributed by atoms with van der Waals surface area (Å²) in [6.45, 7) is 4.10. The number of nitrogens with zero attached hydrogens (tertiary/aromatic N) is 5. The summed E-state index contributed by atoms with van der Waals surface area (Å²) in [7, 11) is 0. The zero-order chi connectivity index (χ0) is 19.0. The third-order valence-corrected chi connectivity index (χ3v) is 5.40. The molecule has 0 aliphatic rings. The molecule has 4 aromatic rings. The first-order valence-electron chi connectivity index (χ1n) is 8.18. The molecule has 1 N–H and O–H groups in total.